The van der Waals surface area contributed by atoms with Crippen LogP contribution in [0, 0.1) is 0 Å². The van der Waals surface area contributed by atoms with E-state index in [0.29, 0.717) is 10.8 Å². The molecule has 2 aromatic rings. The molecule has 0 saturated carbocycles. The number of alkyl halides is 1. The highest BCUT2D eigenvalue weighted by molar-refractivity contribution is 9.11. The van der Waals surface area contributed by atoms with Gasteiger partial charge in [0.05, 0.1) is 17.0 Å². The molecule has 0 spiro atoms. The second-order valence-electron chi connectivity index (χ2n) is 4.04. The zero-order valence-corrected chi connectivity index (χ0v) is 16.5. The van der Waals surface area contributed by atoms with E-state index in [4.69, 9.17) is 27.9 Å². The molecule has 0 bridgehead atoms. The third-order valence-electron chi connectivity index (χ3n) is 2.75. The first-order chi connectivity index (χ1) is 9.43. The number of rotatable bonds is 3. The Morgan fingerprint density at radius 2 is 1.70 bits per heavy atom. The van der Waals surface area contributed by atoms with Crippen LogP contribution in [0.1, 0.15) is 16.5 Å². The lowest BCUT2D eigenvalue weighted by Crippen LogP contribution is -1.99. The Labute approximate surface area is 153 Å². The van der Waals surface area contributed by atoms with Crippen molar-refractivity contribution in [2.45, 2.75) is 5.38 Å². The fourth-order valence-electron chi connectivity index (χ4n) is 1.86. The molecule has 2 rings (SSSR count). The van der Waals surface area contributed by atoms with Gasteiger partial charge in [-0.25, -0.2) is 0 Å². The largest absolute Gasteiger partial charge is 0.495 e. The minimum absolute atomic E-state index is 0.373. The highest BCUT2D eigenvalue weighted by Crippen LogP contribution is 2.43. The van der Waals surface area contributed by atoms with E-state index in [1.807, 2.05) is 24.3 Å². The minimum Gasteiger partial charge on any atom is -0.495 e. The first-order valence-corrected chi connectivity index (χ1v) is 8.75. The van der Waals surface area contributed by atoms with Crippen LogP contribution in [0.5, 0.6) is 5.75 Å². The van der Waals surface area contributed by atoms with E-state index >= 15 is 0 Å². The highest BCUT2D eigenvalue weighted by Gasteiger charge is 2.20. The van der Waals surface area contributed by atoms with E-state index in [1.165, 1.54) is 0 Å². The van der Waals surface area contributed by atoms with Crippen LogP contribution in [0.15, 0.2) is 43.7 Å². The van der Waals surface area contributed by atoms with E-state index in [0.717, 1.165) is 24.5 Å². The number of methoxy groups -OCH3 is 1. The van der Waals surface area contributed by atoms with Crippen molar-refractivity contribution in [1.29, 1.82) is 0 Å². The van der Waals surface area contributed by atoms with Crippen molar-refractivity contribution in [2.24, 2.45) is 0 Å². The Morgan fingerprint density at radius 1 is 1.00 bits per heavy atom. The van der Waals surface area contributed by atoms with Gasteiger partial charge in [-0.2, -0.15) is 0 Å². The molecule has 0 amide bonds. The molecule has 0 N–H and O–H groups in total. The molecule has 0 radical (unpaired) electrons. The van der Waals surface area contributed by atoms with Crippen molar-refractivity contribution in [3.05, 3.63) is 59.9 Å². The number of hydrogen-bond acceptors (Lipinski definition) is 1. The second kappa shape index (κ2) is 7.01. The standard InChI is InChI=1S/C14H9Br3Cl2O/c1-20-14-10(5-8(18)6-12(14)17)13(19)9-3-2-7(15)4-11(9)16/h2-6,13H,1H3. The fraction of sp³-hybridized carbons (Fsp3) is 0.143. The van der Waals surface area contributed by atoms with Crippen LogP contribution in [-0.2, 0) is 0 Å². The van der Waals surface area contributed by atoms with Crippen molar-refractivity contribution in [2.75, 3.05) is 7.11 Å². The van der Waals surface area contributed by atoms with Gasteiger partial charge in [-0.1, -0.05) is 49.5 Å². The van der Waals surface area contributed by atoms with Gasteiger partial charge >= 0.3 is 0 Å². The fourth-order valence-corrected chi connectivity index (χ4v) is 4.61. The molecule has 0 saturated heterocycles. The monoisotopic (exact) mass is 500 g/mol. The zero-order valence-electron chi connectivity index (χ0n) is 10.3. The van der Waals surface area contributed by atoms with Crippen LogP contribution in [0.2, 0.25) is 5.02 Å². The molecule has 1 nitrogen and oxygen atoms in total. The van der Waals surface area contributed by atoms with Crippen LogP contribution < -0.4 is 4.74 Å². The molecule has 1 atom stereocenters. The minimum atomic E-state index is -0.373. The molecule has 2 aromatic carbocycles. The normalized spacial score (nSPS) is 12.3. The van der Waals surface area contributed by atoms with Gasteiger partial charge in [-0.15, -0.1) is 11.6 Å². The zero-order chi connectivity index (χ0) is 14.9. The SMILES string of the molecule is COc1c(Br)cc(Cl)cc1C(Cl)c1ccc(Br)cc1Br. The Bertz CT molecular complexity index is 647. The molecule has 0 aliphatic rings. The van der Waals surface area contributed by atoms with E-state index < -0.39 is 0 Å². The van der Waals surface area contributed by atoms with Crippen LogP contribution in [0.4, 0.5) is 0 Å². The van der Waals surface area contributed by atoms with Crippen molar-refractivity contribution >= 4 is 71.0 Å². The van der Waals surface area contributed by atoms with Crippen molar-refractivity contribution in [3.8, 4) is 5.75 Å². The van der Waals surface area contributed by atoms with Gasteiger partial charge in [0.2, 0.25) is 0 Å². The van der Waals surface area contributed by atoms with Crippen molar-refractivity contribution < 1.29 is 4.74 Å². The Kier molecular flexibility index (Phi) is 5.83. The van der Waals surface area contributed by atoms with Crippen LogP contribution in [0.25, 0.3) is 0 Å². The third kappa shape index (κ3) is 3.53. The summed E-state index contributed by atoms with van der Waals surface area (Å²) in [4.78, 5) is 0. The summed E-state index contributed by atoms with van der Waals surface area (Å²) in [5, 5.41) is 0.231. The first kappa shape index (κ1) is 16.6. The van der Waals surface area contributed by atoms with Gasteiger partial charge in [-0.3, -0.25) is 0 Å². The maximum atomic E-state index is 6.61. The van der Waals surface area contributed by atoms with Crippen LogP contribution >= 0.6 is 71.0 Å². The van der Waals surface area contributed by atoms with Crippen molar-refractivity contribution in [3.63, 3.8) is 0 Å². The Balaban J connectivity index is 2.55. The van der Waals surface area contributed by atoms with Crippen LogP contribution in [-0.4, -0.2) is 7.11 Å². The lowest BCUT2D eigenvalue weighted by atomic mass is 10.0. The number of halogens is 5. The number of hydrogen-bond donors (Lipinski definition) is 0. The van der Waals surface area contributed by atoms with Gasteiger partial charge in [0.1, 0.15) is 5.75 Å². The summed E-state index contributed by atoms with van der Waals surface area (Å²) in [5.74, 6) is 0.684. The maximum absolute atomic E-state index is 6.61. The second-order valence-corrected chi connectivity index (χ2v) is 7.54. The summed E-state index contributed by atoms with van der Waals surface area (Å²) in [6.07, 6.45) is 0. The van der Waals surface area contributed by atoms with Gasteiger partial charge in [0.15, 0.2) is 0 Å². The quantitative estimate of drug-likeness (QED) is 0.411. The average Bonchev–Trinajstić information content (AvgIpc) is 2.37. The molecule has 0 aliphatic carbocycles. The Hall–Kier alpha value is 0.260. The molecule has 20 heavy (non-hydrogen) atoms. The van der Waals surface area contributed by atoms with Gasteiger partial charge in [-0.05, 0) is 45.8 Å². The maximum Gasteiger partial charge on any atom is 0.138 e. The smallest absolute Gasteiger partial charge is 0.138 e. The molecule has 0 aromatic heterocycles. The van der Waals surface area contributed by atoms with E-state index in [2.05, 4.69) is 47.8 Å². The average molecular weight is 504 g/mol. The first-order valence-electron chi connectivity index (χ1n) is 5.56. The highest BCUT2D eigenvalue weighted by atomic mass is 79.9. The molecule has 0 aliphatic heterocycles. The summed E-state index contributed by atoms with van der Waals surface area (Å²) in [5.41, 5.74) is 1.76. The lowest BCUT2D eigenvalue weighted by Gasteiger charge is -2.17. The van der Waals surface area contributed by atoms with Crippen LogP contribution in [0.3, 0.4) is 0 Å². The summed E-state index contributed by atoms with van der Waals surface area (Å²) in [6.45, 7) is 0. The van der Waals surface area contributed by atoms with Gasteiger partial charge < -0.3 is 4.74 Å². The topological polar surface area (TPSA) is 9.23 Å². The molecule has 6 heteroatoms. The lowest BCUT2D eigenvalue weighted by molar-refractivity contribution is 0.407. The third-order valence-corrected chi connectivity index (χ3v) is 5.21. The Morgan fingerprint density at radius 3 is 2.30 bits per heavy atom. The van der Waals surface area contributed by atoms with E-state index in [-0.39, 0.29) is 5.38 Å². The molecule has 0 fully saturated rings. The summed E-state index contributed by atoms with van der Waals surface area (Å²) < 4.78 is 8.11. The predicted octanol–water partition coefficient (Wildman–Crippen LogP) is 6.96. The van der Waals surface area contributed by atoms with E-state index in [9.17, 15) is 0 Å². The molecule has 0 heterocycles. The molecular weight excluding hydrogens is 495 g/mol. The molecule has 1 unspecified atom stereocenters. The summed E-state index contributed by atoms with van der Waals surface area (Å²) in [7, 11) is 1.61. The van der Waals surface area contributed by atoms with Crippen molar-refractivity contribution in [1.82, 2.24) is 0 Å². The molecular formula is C14H9Br3Cl2O. The van der Waals surface area contributed by atoms with E-state index in [1.54, 1.807) is 13.2 Å². The number of ether oxygens (including phenoxy) is 1. The number of benzene rings is 2. The summed E-state index contributed by atoms with van der Waals surface area (Å²) in [6, 6.07) is 9.46. The van der Waals surface area contributed by atoms with Gasteiger partial charge in [0.25, 0.3) is 0 Å². The van der Waals surface area contributed by atoms with Gasteiger partial charge in [0, 0.05) is 19.5 Å². The molecule has 106 valence electrons. The summed E-state index contributed by atoms with van der Waals surface area (Å²) >= 11 is 23.1. The predicted molar refractivity (Wildman–Crippen MR) is 95.2 cm³/mol.